The number of hydrogen-bond donors (Lipinski definition) is 0. The lowest BCUT2D eigenvalue weighted by molar-refractivity contribution is 0.587. The van der Waals surface area contributed by atoms with Crippen LogP contribution in [0.1, 0.15) is 31.9 Å². The third kappa shape index (κ3) is 3.09. The minimum absolute atomic E-state index is 0.154. The van der Waals surface area contributed by atoms with Crippen molar-refractivity contribution < 1.29 is 3.07 Å². The van der Waals surface area contributed by atoms with Gasteiger partial charge in [-0.3, -0.25) is 0 Å². The molecule has 0 heterocycles. The van der Waals surface area contributed by atoms with E-state index in [-0.39, 0.29) is 5.41 Å². The Balaban J connectivity index is 3.38. The highest BCUT2D eigenvalue weighted by atomic mass is 127. The van der Waals surface area contributed by atoms with Crippen molar-refractivity contribution in [3.63, 3.8) is 0 Å². The minimum atomic E-state index is 0.154. The van der Waals surface area contributed by atoms with Crippen LogP contribution >= 0.6 is 45.6 Å². The lowest BCUT2D eigenvalue weighted by Crippen LogP contribution is -2.11. The highest BCUT2D eigenvalue weighted by molar-refractivity contribution is 14.1. The van der Waals surface area contributed by atoms with Crippen LogP contribution in [0.25, 0.3) is 6.08 Å². The molecule has 82 valence electrons. The minimum Gasteiger partial charge on any atom is -0.426 e. The molecule has 1 aromatic rings. The van der Waals surface area contributed by atoms with Gasteiger partial charge in [-0.1, -0.05) is 33.4 Å². The topological polar surface area (TPSA) is 9.23 Å². The van der Waals surface area contributed by atoms with Crippen LogP contribution in [0, 0.1) is 3.57 Å². The Morgan fingerprint density at radius 3 is 2.33 bits per heavy atom. The Kier molecular flexibility index (Phi) is 4.46. The van der Waals surface area contributed by atoms with E-state index in [2.05, 4.69) is 62.1 Å². The third-order valence-corrected chi connectivity index (χ3v) is 3.48. The zero-order chi connectivity index (χ0) is 11.6. The second-order valence-corrected chi connectivity index (χ2v) is 6.01. The van der Waals surface area contributed by atoms with Crippen LogP contribution in [0.2, 0.25) is 0 Å². The molecular weight excluding hydrogens is 414 g/mol. The summed E-state index contributed by atoms with van der Waals surface area (Å²) in [6, 6.07) is 4.31. The summed E-state index contributed by atoms with van der Waals surface area (Å²) >= 11 is 4.21. The zero-order valence-corrected chi connectivity index (χ0v) is 13.4. The molecule has 0 saturated heterocycles. The molecule has 3 heteroatoms. The fraction of sp³-hybridized carbons (Fsp3) is 0.333. The number of halogens is 2. The van der Waals surface area contributed by atoms with E-state index in [4.69, 9.17) is 3.07 Å². The number of benzene rings is 1. The van der Waals surface area contributed by atoms with Gasteiger partial charge < -0.3 is 3.07 Å². The average molecular weight is 428 g/mol. The molecule has 0 amide bonds. The van der Waals surface area contributed by atoms with E-state index in [0.717, 1.165) is 14.9 Å². The first-order valence-electron chi connectivity index (χ1n) is 4.65. The van der Waals surface area contributed by atoms with Crippen molar-refractivity contribution in [3.8, 4) is 5.75 Å². The van der Waals surface area contributed by atoms with Gasteiger partial charge >= 0.3 is 0 Å². The Labute approximate surface area is 119 Å². The third-order valence-electron chi connectivity index (χ3n) is 2.24. The molecule has 0 aliphatic carbocycles. The maximum atomic E-state index is 5.33. The second-order valence-electron chi connectivity index (χ2n) is 4.41. The van der Waals surface area contributed by atoms with E-state index in [9.17, 15) is 0 Å². The van der Waals surface area contributed by atoms with Gasteiger partial charge in [0.05, 0.1) is 3.57 Å². The van der Waals surface area contributed by atoms with Crippen LogP contribution in [-0.2, 0) is 5.41 Å². The molecule has 0 saturated carbocycles. The molecule has 0 bridgehead atoms. The van der Waals surface area contributed by atoms with Crippen LogP contribution in [-0.4, -0.2) is 0 Å². The van der Waals surface area contributed by atoms with Crippen LogP contribution < -0.4 is 3.07 Å². The molecule has 0 aromatic heterocycles. The SMILES string of the molecule is C=Cc1cc(C(C)(C)C)cc(I)c1OI. The van der Waals surface area contributed by atoms with E-state index in [1.54, 1.807) is 0 Å². The van der Waals surface area contributed by atoms with E-state index in [1.807, 2.05) is 29.1 Å². The average Bonchev–Trinajstić information content (AvgIpc) is 2.15. The molecule has 1 nitrogen and oxygen atoms in total. The van der Waals surface area contributed by atoms with Gasteiger partial charge in [0.1, 0.15) is 0 Å². The van der Waals surface area contributed by atoms with Gasteiger partial charge in [0.25, 0.3) is 0 Å². The predicted octanol–water partition coefficient (Wildman–Crippen LogP) is 4.96. The summed E-state index contributed by atoms with van der Waals surface area (Å²) in [5, 5.41) is 0. The van der Waals surface area contributed by atoms with Gasteiger partial charge in [0.15, 0.2) is 28.8 Å². The molecule has 0 unspecified atom stereocenters. The van der Waals surface area contributed by atoms with E-state index < -0.39 is 0 Å². The van der Waals surface area contributed by atoms with Crippen molar-refractivity contribution >= 4 is 51.7 Å². The van der Waals surface area contributed by atoms with Gasteiger partial charge in [-0.15, -0.1) is 0 Å². The van der Waals surface area contributed by atoms with Crippen molar-refractivity contribution in [3.05, 3.63) is 33.4 Å². The summed E-state index contributed by atoms with van der Waals surface area (Å²) < 4.78 is 6.45. The molecule has 1 aromatic carbocycles. The lowest BCUT2D eigenvalue weighted by atomic mass is 9.86. The lowest BCUT2D eigenvalue weighted by Gasteiger charge is -2.21. The van der Waals surface area contributed by atoms with Gasteiger partial charge in [-0.05, 0) is 45.7 Å². The molecule has 0 atom stereocenters. The largest absolute Gasteiger partial charge is 0.426 e. The molecule has 0 spiro atoms. The molecule has 0 N–H and O–H groups in total. The van der Waals surface area contributed by atoms with Gasteiger partial charge in [-0.25, -0.2) is 0 Å². The van der Waals surface area contributed by atoms with Crippen LogP contribution in [0.4, 0.5) is 0 Å². The molecule has 1 rings (SSSR count). The van der Waals surface area contributed by atoms with E-state index in [0.29, 0.717) is 0 Å². The summed E-state index contributed by atoms with van der Waals surface area (Å²) in [5.41, 5.74) is 2.52. The zero-order valence-electron chi connectivity index (χ0n) is 9.10. The normalized spacial score (nSPS) is 11.3. The Hall–Kier alpha value is 0.220. The van der Waals surface area contributed by atoms with E-state index >= 15 is 0 Å². The van der Waals surface area contributed by atoms with Crippen molar-refractivity contribution in [1.29, 1.82) is 0 Å². The standard InChI is InChI=1S/C12H14I2O/c1-5-8-6-9(12(2,3)4)7-10(13)11(8)15-14/h5-7H,1H2,2-4H3. The van der Waals surface area contributed by atoms with Crippen molar-refractivity contribution in [1.82, 2.24) is 0 Å². The molecule has 15 heavy (non-hydrogen) atoms. The molecule has 0 radical (unpaired) electrons. The van der Waals surface area contributed by atoms with Gasteiger partial charge in [0, 0.05) is 5.56 Å². The fourth-order valence-corrected chi connectivity index (χ4v) is 2.95. The summed E-state index contributed by atoms with van der Waals surface area (Å²) in [6.45, 7) is 10.4. The quantitative estimate of drug-likeness (QED) is 0.606. The van der Waals surface area contributed by atoms with Crippen LogP contribution in [0.15, 0.2) is 18.7 Å². The van der Waals surface area contributed by atoms with Crippen molar-refractivity contribution in [2.75, 3.05) is 0 Å². The molecule has 0 aliphatic rings. The first kappa shape index (κ1) is 13.3. The highest BCUT2D eigenvalue weighted by Gasteiger charge is 2.17. The molecular formula is C12H14I2O. The van der Waals surface area contributed by atoms with Crippen LogP contribution in [0.5, 0.6) is 5.75 Å². The number of hydrogen-bond acceptors (Lipinski definition) is 1. The Morgan fingerprint density at radius 2 is 1.93 bits per heavy atom. The Bertz CT molecular complexity index is 378. The van der Waals surface area contributed by atoms with Gasteiger partial charge in [0.2, 0.25) is 0 Å². The van der Waals surface area contributed by atoms with Crippen LogP contribution in [0.3, 0.4) is 0 Å². The fourth-order valence-electron chi connectivity index (χ4n) is 1.28. The predicted molar refractivity (Wildman–Crippen MR) is 82.6 cm³/mol. The summed E-state index contributed by atoms with van der Waals surface area (Å²) in [5.74, 6) is 0.902. The highest BCUT2D eigenvalue weighted by Crippen LogP contribution is 2.34. The Morgan fingerprint density at radius 1 is 1.33 bits per heavy atom. The van der Waals surface area contributed by atoms with Gasteiger partial charge in [-0.2, -0.15) is 0 Å². The summed E-state index contributed by atoms with van der Waals surface area (Å²) in [4.78, 5) is 0. The second kappa shape index (κ2) is 5.03. The smallest absolute Gasteiger partial charge is 0.192 e. The molecule has 0 aliphatic heterocycles. The van der Waals surface area contributed by atoms with Crippen molar-refractivity contribution in [2.24, 2.45) is 0 Å². The van der Waals surface area contributed by atoms with Crippen molar-refractivity contribution in [2.45, 2.75) is 26.2 Å². The van der Waals surface area contributed by atoms with E-state index in [1.165, 1.54) is 5.56 Å². The molecule has 0 fully saturated rings. The summed E-state index contributed by atoms with van der Waals surface area (Å²) in [6.07, 6.45) is 1.84. The maximum Gasteiger partial charge on any atom is 0.192 e. The number of rotatable bonds is 2. The summed E-state index contributed by atoms with van der Waals surface area (Å²) in [7, 11) is 0. The maximum absolute atomic E-state index is 5.33. The first-order chi connectivity index (χ1) is 6.90. The first-order valence-corrected chi connectivity index (χ1v) is 6.61. The monoisotopic (exact) mass is 428 g/mol.